The fourth-order valence-corrected chi connectivity index (χ4v) is 0.305. The van der Waals surface area contributed by atoms with Crippen molar-refractivity contribution in [2.75, 3.05) is 13.6 Å². The molecule has 0 atom stereocenters. The molecule has 0 bridgehead atoms. The van der Waals surface area contributed by atoms with Gasteiger partial charge in [-0.15, -0.1) is 0 Å². The third-order valence-corrected chi connectivity index (χ3v) is 0.672. The molecule has 0 spiro atoms. The molecule has 0 radical (unpaired) electrons. The van der Waals surface area contributed by atoms with E-state index in [9.17, 15) is 0 Å². The second-order valence-corrected chi connectivity index (χ2v) is 1.73. The largest absolute Gasteiger partial charge is 0.299 e. The molecule has 0 heterocycles. The van der Waals surface area contributed by atoms with Crippen LogP contribution < -0.4 is 0 Å². The average molecular weight is 112 g/mol. The Bertz CT molecular complexity index is 99.1. The van der Waals surface area contributed by atoms with E-state index < -0.39 is 0 Å². The van der Waals surface area contributed by atoms with Crippen molar-refractivity contribution < 1.29 is 0 Å². The maximum atomic E-state index is 4.08. The molecule has 0 aromatic rings. The van der Waals surface area contributed by atoms with Crippen LogP contribution in [-0.4, -0.2) is 25.5 Å². The molecule has 0 fully saturated rings. The van der Waals surface area contributed by atoms with E-state index in [1.54, 1.807) is 13.3 Å². The second kappa shape index (κ2) is 4.50. The predicted octanol–water partition coefficient (Wildman–Crippen LogP) is 1.17. The van der Waals surface area contributed by atoms with Crippen molar-refractivity contribution in [2.45, 2.75) is 13.8 Å². The summed E-state index contributed by atoms with van der Waals surface area (Å²) in [5.41, 5.74) is 1.10. The van der Waals surface area contributed by atoms with E-state index in [0.717, 1.165) is 12.3 Å². The Hall–Kier alpha value is -0.660. The van der Waals surface area contributed by atoms with Gasteiger partial charge in [-0.1, -0.05) is 0 Å². The lowest BCUT2D eigenvalue weighted by Crippen LogP contribution is -1.86. The molecule has 0 saturated heterocycles. The lowest BCUT2D eigenvalue weighted by molar-refractivity contribution is 1.28. The van der Waals surface area contributed by atoms with E-state index in [1.807, 2.05) is 13.8 Å². The lowest BCUT2D eigenvalue weighted by atomic mass is 10.5. The van der Waals surface area contributed by atoms with Crippen molar-refractivity contribution in [1.82, 2.24) is 0 Å². The van der Waals surface area contributed by atoms with Gasteiger partial charge in [-0.05, 0) is 13.8 Å². The van der Waals surface area contributed by atoms with E-state index in [1.165, 1.54) is 0 Å². The van der Waals surface area contributed by atoms with Gasteiger partial charge in [-0.3, -0.25) is 9.98 Å². The van der Waals surface area contributed by atoms with Crippen molar-refractivity contribution in [3.05, 3.63) is 0 Å². The van der Waals surface area contributed by atoms with Gasteiger partial charge in [0.25, 0.3) is 0 Å². The number of aliphatic imine (C=N–C) groups is 2. The maximum absolute atomic E-state index is 4.08. The van der Waals surface area contributed by atoms with Crippen molar-refractivity contribution in [1.29, 1.82) is 0 Å². The molecule has 2 nitrogen and oxygen atoms in total. The molecule has 0 amide bonds. The first kappa shape index (κ1) is 7.34. The number of hydrogen-bond donors (Lipinski definition) is 0. The minimum Gasteiger partial charge on any atom is -0.299 e. The summed E-state index contributed by atoms with van der Waals surface area (Å²) in [4.78, 5) is 7.86. The zero-order valence-electron chi connectivity index (χ0n) is 5.68. The molecule has 0 aromatic heterocycles. The van der Waals surface area contributed by atoms with E-state index in [2.05, 4.69) is 9.98 Å². The SMILES string of the molecule is CN=CCN=C(C)C. The molecule has 8 heavy (non-hydrogen) atoms. The minimum absolute atomic E-state index is 0.721. The number of hydrogen-bond acceptors (Lipinski definition) is 2. The van der Waals surface area contributed by atoms with E-state index in [0.29, 0.717) is 0 Å². The molecule has 0 aliphatic heterocycles. The van der Waals surface area contributed by atoms with Crippen molar-refractivity contribution in [3.63, 3.8) is 0 Å². The molecule has 0 N–H and O–H groups in total. The summed E-state index contributed by atoms with van der Waals surface area (Å²) in [5.74, 6) is 0. The zero-order valence-corrected chi connectivity index (χ0v) is 5.68. The summed E-state index contributed by atoms with van der Waals surface area (Å²) in [7, 11) is 1.75. The molecule has 0 aliphatic carbocycles. The highest BCUT2D eigenvalue weighted by Gasteiger charge is 1.72. The molecule has 0 aromatic carbocycles. The summed E-state index contributed by atoms with van der Waals surface area (Å²) in [6.45, 7) is 4.67. The van der Waals surface area contributed by atoms with Crippen molar-refractivity contribution in [3.8, 4) is 0 Å². The Balaban J connectivity index is 3.30. The highest BCUT2D eigenvalue weighted by atomic mass is 14.8. The summed E-state index contributed by atoms with van der Waals surface area (Å²) >= 11 is 0. The standard InChI is InChI=1S/C6H12N2/c1-6(2)8-5-4-7-3/h4H,5H2,1-3H3. The van der Waals surface area contributed by atoms with Crippen LogP contribution in [0.4, 0.5) is 0 Å². The summed E-state index contributed by atoms with van der Waals surface area (Å²) < 4.78 is 0. The average Bonchev–Trinajstić information content (AvgIpc) is 1.66. The van der Waals surface area contributed by atoms with Crippen molar-refractivity contribution in [2.24, 2.45) is 9.98 Å². The zero-order chi connectivity index (χ0) is 6.41. The summed E-state index contributed by atoms with van der Waals surface area (Å²) in [6, 6.07) is 0. The molecule has 0 saturated carbocycles. The van der Waals surface area contributed by atoms with Crippen LogP contribution in [0.15, 0.2) is 9.98 Å². The monoisotopic (exact) mass is 112 g/mol. The predicted molar refractivity (Wildman–Crippen MR) is 38.1 cm³/mol. The van der Waals surface area contributed by atoms with Gasteiger partial charge in [0.1, 0.15) is 0 Å². The van der Waals surface area contributed by atoms with Gasteiger partial charge in [0.2, 0.25) is 0 Å². The van der Waals surface area contributed by atoms with E-state index in [4.69, 9.17) is 0 Å². The molecule has 2 heteroatoms. The maximum Gasteiger partial charge on any atom is 0.0736 e. The first-order valence-electron chi connectivity index (χ1n) is 2.65. The van der Waals surface area contributed by atoms with Gasteiger partial charge in [-0.25, -0.2) is 0 Å². The van der Waals surface area contributed by atoms with Crippen molar-refractivity contribution >= 4 is 11.9 Å². The molecule has 0 rings (SSSR count). The number of rotatable bonds is 2. The number of nitrogens with zero attached hydrogens (tertiary/aromatic N) is 2. The van der Waals surface area contributed by atoms with Crippen LogP contribution in [0.1, 0.15) is 13.8 Å². The summed E-state index contributed by atoms with van der Waals surface area (Å²) in [5, 5.41) is 0. The Morgan fingerprint density at radius 3 is 2.50 bits per heavy atom. The topological polar surface area (TPSA) is 24.7 Å². The Kier molecular flexibility index (Phi) is 4.13. The third kappa shape index (κ3) is 5.34. The highest BCUT2D eigenvalue weighted by molar-refractivity contribution is 5.80. The fourth-order valence-electron chi connectivity index (χ4n) is 0.305. The summed E-state index contributed by atoms with van der Waals surface area (Å²) in [6.07, 6.45) is 1.78. The first-order valence-corrected chi connectivity index (χ1v) is 2.65. The van der Waals surface area contributed by atoms with Crippen LogP contribution in [0, 0.1) is 0 Å². The van der Waals surface area contributed by atoms with Crippen LogP contribution >= 0.6 is 0 Å². The van der Waals surface area contributed by atoms with Gasteiger partial charge in [-0.2, -0.15) is 0 Å². The fraction of sp³-hybridized carbons (Fsp3) is 0.667. The van der Waals surface area contributed by atoms with Crippen LogP contribution in [0.3, 0.4) is 0 Å². The smallest absolute Gasteiger partial charge is 0.0736 e. The molecule has 0 aliphatic rings. The van der Waals surface area contributed by atoms with Gasteiger partial charge >= 0.3 is 0 Å². The molecule has 46 valence electrons. The first-order chi connectivity index (χ1) is 3.77. The molecule has 0 unspecified atom stereocenters. The van der Waals surface area contributed by atoms with Gasteiger partial charge < -0.3 is 0 Å². The second-order valence-electron chi connectivity index (χ2n) is 1.73. The molecular formula is C6H12N2. The van der Waals surface area contributed by atoms with Gasteiger partial charge in [0.05, 0.1) is 6.54 Å². The highest BCUT2D eigenvalue weighted by Crippen LogP contribution is 1.71. The normalized spacial score (nSPS) is 9.88. The van der Waals surface area contributed by atoms with Crippen LogP contribution in [0.5, 0.6) is 0 Å². The Morgan fingerprint density at radius 1 is 1.50 bits per heavy atom. The Morgan fingerprint density at radius 2 is 2.12 bits per heavy atom. The minimum atomic E-state index is 0.721. The van der Waals surface area contributed by atoms with Crippen LogP contribution in [0.25, 0.3) is 0 Å². The van der Waals surface area contributed by atoms with Crippen LogP contribution in [0.2, 0.25) is 0 Å². The van der Waals surface area contributed by atoms with E-state index >= 15 is 0 Å². The quantitative estimate of drug-likeness (QED) is 0.479. The van der Waals surface area contributed by atoms with Crippen LogP contribution in [-0.2, 0) is 0 Å². The Labute approximate surface area is 50.4 Å². The van der Waals surface area contributed by atoms with E-state index in [-0.39, 0.29) is 0 Å². The third-order valence-electron chi connectivity index (χ3n) is 0.672. The lowest BCUT2D eigenvalue weighted by Gasteiger charge is -1.83. The van der Waals surface area contributed by atoms with Gasteiger partial charge in [0, 0.05) is 19.0 Å². The molecular weight excluding hydrogens is 100 g/mol. The van der Waals surface area contributed by atoms with Gasteiger partial charge in [0.15, 0.2) is 0 Å².